The molecule has 0 saturated carbocycles. The van der Waals surface area contributed by atoms with Crippen molar-refractivity contribution in [2.24, 2.45) is 0 Å². The SMILES string of the molecule is CCOC(=O)C(F)(F)C(=O)c1cscn1. The number of ketones is 1. The summed E-state index contributed by atoms with van der Waals surface area (Å²) in [6.45, 7) is 1.17. The lowest BCUT2D eigenvalue weighted by Crippen LogP contribution is -2.39. The molecule has 1 heterocycles. The first-order valence-electron chi connectivity index (χ1n) is 3.98. The number of ether oxygens (including phenoxy) is 1. The van der Waals surface area contributed by atoms with Gasteiger partial charge in [-0.3, -0.25) is 4.79 Å². The number of aromatic nitrogens is 1. The highest BCUT2D eigenvalue weighted by atomic mass is 32.1. The Hall–Kier alpha value is -1.37. The van der Waals surface area contributed by atoms with Crippen LogP contribution in [-0.4, -0.2) is 29.3 Å². The molecule has 0 radical (unpaired) electrons. The molecule has 1 aromatic heterocycles. The highest BCUT2D eigenvalue weighted by molar-refractivity contribution is 7.07. The number of rotatable bonds is 4. The van der Waals surface area contributed by atoms with Crippen LogP contribution in [0.1, 0.15) is 17.4 Å². The summed E-state index contributed by atoms with van der Waals surface area (Å²) in [5.74, 6) is -7.64. The molecule has 0 aliphatic carbocycles. The molecule has 0 bridgehead atoms. The van der Waals surface area contributed by atoms with Crippen LogP contribution < -0.4 is 0 Å². The predicted molar refractivity (Wildman–Crippen MR) is 48.0 cm³/mol. The second-order valence-electron chi connectivity index (χ2n) is 2.50. The fourth-order valence-electron chi connectivity index (χ4n) is 0.800. The van der Waals surface area contributed by atoms with Crippen LogP contribution in [0.5, 0.6) is 0 Å². The van der Waals surface area contributed by atoms with Crippen LogP contribution >= 0.6 is 11.3 Å². The van der Waals surface area contributed by atoms with Gasteiger partial charge in [0, 0.05) is 5.38 Å². The minimum absolute atomic E-state index is 0.210. The van der Waals surface area contributed by atoms with E-state index in [-0.39, 0.29) is 6.61 Å². The molecule has 0 atom stereocenters. The van der Waals surface area contributed by atoms with E-state index in [1.807, 2.05) is 0 Å². The van der Waals surface area contributed by atoms with E-state index in [0.29, 0.717) is 0 Å². The number of hydrogen-bond acceptors (Lipinski definition) is 5. The maximum atomic E-state index is 13.1. The summed E-state index contributed by atoms with van der Waals surface area (Å²) < 4.78 is 30.3. The zero-order valence-corrected chi connectivity index (χ0v) is 8.51. The quantitative estimate of drug-likeness (QED) is 0.451. The van der Waals surface area contributed by atoms with Crippen molar-refractivity contribution in [3.8, 4) is 0 Å². The topological polar surface area (TPSA) is 56.3 Å². The van der Waals surface area contributed by atoms with Crippen molar-refractivity contribution in [1.29, 1.82) is 0 Å². The maximum absolute atomic E-state index is 13.1. The molecule has 0 fully saturated rings. The van der Waals surface area contributed by atoms with Crippen LogP contribution in [0.4, 0.5) is 8.78 Å². The number of alkyl halides is 2. The predicted octanol–water partition coefficient (Wildman–Crippen LogP) is 1.52. The van der Waals surface area contributed by atoms with E-state index in [9.17, 15) is 18.4 Å². The Kier molecular flexibility index (Phi) is 3.46. The average molecular weight is 235 g/mol. The fourth-order valence-corrected chi connectivity index (χ4v) is 1.33. The molecule has 1 aromatic rings. The summed E-state index contributed by atoms with van der Waals surface area (Å²) in [5, 5.41) is 1.15. The van der Waals surface area contributed by atoms with Crippen molar-refractivity contribution < 1.29 is 23.1 Å². The zero-order valence-electron chi connectivity index (χ0n) is 7.70. The summed E-state index contributed by atoms with van der Waals surface area (Å²) in [5.41, 5.74) is 0.798. The molecule has 1 rings (SSSR count). The van der Waals surface area contributed by atoms with E-state index in [4.69, 9.17) is 0 Å². The van der Waals surface area contributed by atoms with Gasteiger partial charge >= 0.3 is 11.9 Å². The number of thiazole rings is 1. The smallest absolute Gasteiger partial charge is 0.405 e. The first-order chi connectivity index (χ1) is 7.00. The lowest BCUT2D eigenvalue weighted by molar-refractivity contribution is -0.164. The Morgan fingerprint density at radius 3 is 2.73 bits per heavy atom. The second-order valence-corrected chi connectivity index (χ2v) is 3.22. The van der Waals surface area contributed by atoms with Crippen LogP contribution in [0.3, 0.4) is 0 Å². The number of carbonyl (C=O) groups excluding carboxylic acids is 2. The molecule has 0 saturated heterocycles. The van der Waals surface area contributed by atoms with Gasteiger partial charge in [-0.25, -0.2) is 9.78 Å². The monoisotopic (exact) mass is 235 g/mol. The second kappa shape index (κ2) is 4.43. The van der Waals surface area contributed by atoms with Gasteiger partial charge in [-0.1, -0.05) is 0 Å². The Balaban J connectivity index is 2.86. The Morgan fingerprint density at radius 2 is 2.27 bits per heavy atom. The van der Waals surface area contributed by atoms with Gasteiger partial charge in [0.05, 0.1) is 12.1 Å². The largest absolute Gasteiger partial charge is 0.461 e. The molecule has 0 unspecified atom stereocenters. The van der Waals surface area contributed by atoms with Gasteiger partial charge in [0.15, 0.2) is 0 Å². The van der Waals surface area contributed by atoms with E-state index >= 15 is 0 Å². The standard InChI is InChI=1S/C8H7F2NO3S/c1-2-14-7(13)8(9,10)6(12)5-3-15-4-11-5/h3-4H,2H2,1H3. The molecular weight excluding hydrogens is 228 g/mol. The van der Waals surface area contributed by atoms with Crippen molar-refractivity contribution in [2.45, 2.75) is 12.8 Å². The summed E-state index contributed by atoms with van der Waals surface area (Å²) in [7, 11) is 0. The molecule has 0 aliphatic rings. The average Bonchev–Trinajstić information content (AvgIpc) is 2.69. The minimum Gasteiger partial charge on any atom is -0.461 e. The van der Waals surface area contributed by atoms with E-state index in [1.54, 1.807) is 0 Å². The third kappa shape index (κ3) is 2.35. The Bertz CT molecular complexity index is 364. The van der Waals surface area contributed by atoms with Gasteiger partial charge in [0.1, 0.15) is 5.69 Å². The number of esters is 1. The summed E-state index contributed by atoms with van der Waals surface area (Å²) in [6, 6.07) is 0. The van der Waals surface area contributed by atoms with Crippen LogP contribution in [-0.2, 0) is 9.53 Å². The van der Waals surface area contributed by atoms with Gasteiger partial charge in [-0.2, -0.15) is 8.78 Å². The molecule has 0 N–H and O–H groups in total. The van der Waals surface area contributed by atoms with Gasteiger partial charge in [0.2, 0.25) is 0 Å². The summed E-state index contributed by atoms with van der Waals surface area (Å²) >= 11 is 0.992. The molecular formula is C8H7F2NO3S. The minimum atomic E-state index is -4.16. The van der Waals surface area contributed by atoms with Crippen LogP contribution in [0.25, 0.3) is 0 Å². The third-order valence-corrected chi connectivity index (χ3v) is 2.07. The molecule has 0 spiro atoms. The Labute approximate surface area is 87.9 Å². The van der Waals surface area contributed by atoms with Gasteiger partial charge in [-0.15, -0.1) is 11.3 Å². The molecule has 0 aromatic carbocycles. The van der Waals surface area contributed by atoms with E-state index < -0.39 is 23.4 Å². The third-order valence-electron chi connectivity index (χ3n) is 1.48. The zero-order chi connectivity index (χ0) is 11.5. The van der Waals surface area contributed by atoms with E-state index in [0.717, 1.165) is 16.7 Å². The van der Waals surface area contributed by atoms with Crippen molar-refractivity contribution in [3.05, 3.63) is 16.6 Å². The van der Waals surface area contributed by atoms with E-state index in [1.165, 1.54) is 12.4 Å². The first kappa shape index (κ1) is 11.7. The summed E-state index contributed by atoms with van der Waals surface area (Å²) in [6.07, 6.45) is 0. The highest BCUT2D eigenvalue weighted by Gasteiger charge is 2.50. The lowest BCUT2D eigenvalue weighted by atomic mass is 10.2. The van der Waals surface area contributed by atoms with Gasteiger partial charge < -0.3 is 4.74 Å². The lowest BCUT2D eigenvalue weighted by Gasteiger charge is -2.11. The number of Topliss-reactive ketones (excluding diaryl/α,β-unsaturated/α-hetero) is 1. The number of carbonyl (C=O) groups is 2. The van der Waals surface area contributed by atoms with Crippen LogP contribution in [0, 0.1) is 0 Å². The van der Waals surface area contributed by atoms with Crippen molar-refractivity contribution >= 4 is 23.1 Å². The molecule has 15 heavy (non-hydrogen) atoms. The highest BCUT2D eigenvalue weighted by Crippen LogP contribution is 2.21. The number of halogens is 2. The number of nitrogens with zero attached hydrogens (tertiary/aromatic N) is 1. The van der Waals surface area contributed by atoms with E-state index in [2.05, 4.69) is 9.72 Å². The van der Waals surface area contributed by atoms with Gasteiger partial charge in [0.25, 0.3) is 5.78 Å². The molecule has 0 aliphatic heterocycles. The van der Waals surface area contributed by atoms with Crippen molar-refractivity contribution in [1.82, 2.24) is 4.98 Å². The first-order valence-corrected chi connectivity index (χ1v) is 4.92. The van der Waals surface area contributed by atoms with Gasteiger partial charge in [-0.05, 0) is 6.92 Å². The summed E-state index contributed by atoms with van der Waals surface area (Å²) in [4.78, 5) is 25.3. The fraction of sp³-hybridized carbons (Fsp3) is 0.375. The van der Waals surface area contributed by atoms with Crippen LogP contribution in [0.2, 0.25) is 0 Å². The molecule has 7 heteroatoms. The normalized spacial score (nSPS) is 11.1. The molecule has 82 valence electrons. The Morgan fingerprint density at radius 1 is 1.60 bits per heavy atom. The van der Waals surface area contributed by atoms with Crippen molar-refractivity contribution in [2.75, 3.05) is 6.61 Å². The van der Waals surface area contributed by atoms with Crippen LogP contribution in [0.15, 0.2) is 10.9 Å². The number of hydrogen-bond donors (Lipinski definition) is 0. The maximum Gasteiger partial charge on any atom is 0.405 e. The van der Waals surface area contributed by atoms with Crippen molar-refractivity contribution in [3.63, 3.8) is 0 Å². The molecule has 4 nitrogen and oxygen atoms in total. The molecule has 0 amide bonds.